The average Bonchev–Trinajstić information content (AvgIpc) is 3.28. The molecule has 0 radical (unpaired) electrons. The van der Waals surface area contributed by atoms with Gasteiger partial charge in [-0.25, -0.2) is 9.78 Å². The topological polar surface area (TPSA) is 87.8 Å². The molecule has 2 heterocycles. The number of unbranched alkanes of at least 4 members (excludes halogenated alkanes) is 1. The van der Waals surface area contributed by atoms with E-state index in [0.717, 1.165) is 31.5 Å². The molecule has 7 nitrogen and oxygen atoms in total. The molecule has 0 spiro atoms. The zero-order valence-corrected chi connectivity index (χ0v) is 13.2. The largest absolute Gasteiger partial charge is 0.332 e. The van der Waals surface area contributed by atoms with Gasteiger partial charge in [0.25, 0.3) is 5.56 Å². The van der Waals surface area contributed by atoms with E-state index in [1.165, 1.54) is 11.6 Å². The number of imidazole rings is 1. The Morgan fingerprint density at radius 3 is 2.55 bits per heavy atom. The second kappa shape index (κ2) is 5.72. The summed E-state index contributed by atoms with van der Waals surface area (Å²) in [6.07, 6.45) is 4.05. The van der Waals surface area contributed by atoms with Gasteiger partial charge in [-0.05, 0) is 19.3 Å². The van der Waals surface area contributed by atoms with Gasteiger partial charge in [0.05, 0.1) is 0 Å². The van der Waals surface area contributed by atoms with Crippen molar-refractivity contribution in [3.8, 4) is 0 Å². The van der Waals surface area contributed by atoms with Gasteiger partial charge < -0.3 is 10.3 Å². The molecule has 2 aromatic rings. The molecule has 2 N–H and O–H groups in total. The van der Waals surface area contributed by atoms with Crippen LogP contribution in [0.15, 0.2) is 9.59 Å². The first-order valence-electron chi connectivity index (χ1n) is 8.00. The SMILES string of the molecule is CCCCn1c(=O)n(C)c(=O)c2c1nc(C1CC1)n2CCN. The molecule has 0 aliphatic heterocycles. The lowest BCUT2D eigenvalue weighted by Crippen LogP contribution is -2.39. The normalized spacial score (nSPS) is 14.9. The minimum Gasteiger partial charge on any atom is -0.329 e. The van der Waals surface area contributed by atoms with Crippen molar-refractivity contribution in [2.24, 2.45) is 12.8 Å². The molecular formula is C15H23N5O2. The Balaban J connectivity index is 2.32. The lowest BCUT2D eigenvalue weighted by Gasteiger charge is -2.09. The van der Waals surface area contributed by atoms with Gasteiger partial charge in [-0.2, -0.15) is 0 Å². The van der Waals surface area contributed by atoms with Gasteiger partial charge in [-0.1, -0.05) is 13.3 Å². The zero-order chi connectivity index (χ0) is 15.9. The summed E-state index contributed by atoms with van der Waals surface area (Å²) < 4.78 is 4.75. The Morgan fingerprint density at radius 1 is 1.23 bits per heavy atom. The first-order valence-corrected chi connectivity index (χ1v) is 8.00. The summed E-state index contributed by atoms with van der Waals surface area (Å²) in [6, 6.07) is 0. The van der Waals surface area contributed by atoms with Crippen LogP contribution < -0.4 is 17.0 Å². The van der Waals surface area contributed by atoms with Gasteiger partial charge in [0, 0.05) is 32.6 Å². The van der Waals surface area contributed by atoms with E-state index in [4.69, 9.17) is 5.73 Å². The zero-order valence-electron chi connectivity index (χ0n) is 13.2. The van der Waals surface area contributed by atoms with Gasteiger partial charge in [0.2, 0.25) is 0 Å². The fourth-order valence-corrected chi connectivity index (χ4v) is 2.90. The van der Waals surface area contributed by atoms with Crippen molar-refractivity contribution >= 4 is 11.2 Å². The Bertz CT molecular complexity index is 810. The summed E-state index contributed by atoms with van der Waals surface area (Å²) in [4.78, 5) is 29.7. The van der Waals surface area contributed by atoms with Crippen molar-refractivity contribution < 1.29 is 0 Å². The summed E-state index contributed by atoms with van der Waals surface area (Å²) in [5.74, 6) is 1.31. The standard InChI is InChI=1S/C15H23N5O2/c1-3-4-8-20-13-11(14(21)18(2)15(20)22)19(9-7-16)12(17-13)10-5-6-10/h10H,3-9,16H2,1-2H3. The van der Waals surface area contributed by atoms with Crippen LogP contribution in [0.1, 0.15) is 44.3 Å². The van der Waals surface area contributed by atoms with E-state index in [1.54, 1.807) is 4.57 Å². The van der Waals surface area contributed by atoms with Gasteiger partial charge in [0.15, 0.2) is 11.2 Å². The van der Waals surface area contributed by atoms with Crippen LogP contribution in [-0.2, 0) is 20.1 Å². The number of rotatable bonds is 6. The molecule has 2 aromatic heterocycles. The predicted octanol–water partition coefficient (Wildman–Crippen LogP) is 0.533. The van der Waals surface area contributed by atoms with Crippen LogP contribution in [0.4, 0.5) is 0 Å². The van der Waals surface area contributed by atoms with Crippen molar-refractivity contribution in [1.82, 2.24) is 18.7 Å². The third-order valence-corrected chi connectivity index (χ3v) is 4.29. The lowest BCUT2D eigenvalue weighted by atomic mass is 10.3. The van der Waals surface area contributed by atoms with E-state index in [1.807, 2.05) is 4.57 Å². The molecule has 22 heavy (non-hydrogen) atoms. The molecule has 1 saturated carbocycles. The molecule has 0 unspecified atom stereocenters. The molecule has 0 aromatic carbocycles. The number of aromatic nitrogens is 4. The lowest BCUT2D eigenvalue weighted by molar-refractivity contribution is 0.583. The highest BCUT2D eigenvalue weighted by Gasteiger charge is 2.31. The molecule has 7 heteroatoms. The van der Waals surface area contributed by atoms with E-state index in [2.05, 4.69) is 11.9 Å². The van der Waals surface area contributed by atoms with E-state index >= 15 is 0 Å². The van der Waals surface area contributed by atoms with Crippen LogP contribution in [0.3, 0.4) is 0 Å². The van der Waals surface area contributed by atoms with Crippen LogP contribution in [0.5, 0.6) is 0 Å². The van der Waals surface area contributed by atoms with Crippen molar-refractivity contribution in [3.63, 3.8) is 0 Å². The number of aryl methyl sites for hydroxylation is 1. The summed E-state index contributed by atoms with van der Waals surface area (Å²) in [6.45, 7) is 3.67. The monoisotopic (exact) mass is 305 g/mol. The third kappa shape index (κ3) is 2.29. The predicted molar refractivity (Wildman–Crippen MR) is 85.2 cm³/mol. The maximum Gasteiger partial charge on any atom is 0.332 e. The number of nitrogens with zero attached hydrogens (tertiary/aromatic N) is 4. The highest BCUT2D eigenvalue weighted by atomic mass is 16.2. The molecule has 0 saturated heterocycles. The molecule has 0 bridgehead atoms. The second-order valence-electron chi connectivity index (χ2n) is 6.01. The van der Waals surface area contributed by atoms with Crippen LogP contribution >= 0.6 is 0 Å². The van der Waals surface area contributed by atoms with Crippen molar-refractivity contribution in [1.29, 1.82) is 0 Å². The van der Waals surface area contributed by atoms with Crippen LogP contribution in [-0.4, -0.2) is 25.2 Å². The Labute approximate surface area is 128 Å². The summed E-state index contributed by atoms with van der Waals surface area (Å²) in [7, 11) is 1.53. The van der Waals surface area contributed by atoms with Gasteiger partial charge >= 0.3 is 5.69 Å². The summed E-state index contributed by atoms with van der Waals surface area (Å²) in [5.41, 5.74) is 6.19. The molecule has 1 aliphatic carbocycles. The van der Waals surface area contributed by atoms with E-state index < -0.39 is 0 Å². The minimum absolute atomic E-state index is 0.277. The number of nitrogens with two attached hydrogens (primary N) is 1. The quantitative estimate of drug-likeness (QED) is 0.843. The molecule has 0 amide bonds. The second-order valence-corrected chi connectivity index (χ2v) is 6.01. The highest BCUT2D eigenvalue weighted by Crippen LogP contribution is 2.40. The fraction of sp³-hybridized carbons (Fsp3) is 0.667. The number of hydrogen-bond donors (Lipinski definition) is 1. The average molecular weight is 305 g/mol. The first-order chi connectivity index (χ1) is 10.6. The molecule has 120 valence electrons. The molecule has 1 fully saturated rings. The molecule has 1 aliphatic rings. The van der Waals surface area contributed by atoms with E-state index in [-0.39, 0.29) is 11.2 Å². The molecular weight excluding hydrogens is 282 g/mol. The third-order valence-electron chi connectivity index (χ3n) is 4.29. The fourth-order valence-electron chi connectivity index (χ4n) is 2.90. The first kappa shape index (κ1) is 15.0. The smallest absolute Gasteiger partial charge is 0.329 e. The number of fused-ring (bicyclic) bond motifs is 1. The van der Waals surface area contributed by atoms with Gasteiger partial charge in [-0.15, -0.1) is 0 Å². The Morgan fingerprint density at radius 2 is 1.95 bits per heavy atom. The maximum atomic E-state index is 12.6. The van der Waals surface area contributed by atoms with Gasteiger partial charge in [-0.3, -0.25) is 13.9 Å². The van der Waals surface area contributed by atoms with Crippen molar-refractivity contribution in [2.75, 3.05) is 6.54 Å². The Kier molecular flexibility index (Phi) is 3.90. The van der Waals surface area contributed by atoms with Crippen molar-refractivity contribution in [3.05, 3.63) is 26.7 Å². The summed E-state index contributed by atoms with van der Waals surface area (Å²) in [5, 5.41) is 0. The van der Waals surface area contributed by atoms with E-state index in [9.17, 15) is 9.59 Å². The highest BCUT2D eigenvalue weighted by molar-refractivity contribution is 5.71. The molecule has 0 atom stereocenters. The van der Waals surface area contributed by atoms with Crippen LogP contribution in [0, 0.1) is 0 Å². The minimum atomic E-state index is -0.286. The van der Waals surface area contributed by atoms with Crippen LogP contribution in [0.25, 0.3) is 11.2 Å². The number of hydrogen-bond acceptors (Lipinski definition) is 4. The molecule has 3 rings (SSSR count). The summed E-state index contributed by atoms with van der Waals surface area (Å²) >= 11 is 0. The van der Waals surface area contributed by atoms with E-state index in [0.29, 0.717) is 36.7 Å². The maximum absolute atomic E-state index is 12.6. The van der Waals surface area contributed by atoms with Crippen LogP contribution in [0.2, 0.25) is 0 Å². The van der Waals surface area contributed by atoms with Gasteiger partial charge in [0.1, 0.15) is 5.82 Å². The Hall–Kier alpha value is -1.89. The van der Waals surface area contributed by atoms with Crippen molar-refractivity contribution in [2.45, 2.75) is 51.6 Å².